The number of benzene rings is 1. The molecule has 1 nitrogen and oxygen atoms in total. The number of rotatable bonds is 1. The molecule has 0 amide bonds. The first kappa shape index (κ1) is 7.92. The molecule has 2 rings (SSSR count). The van der Waals surface area contributed by atoms with Crippen molar-refractivity contribution in [2.24, 2.45) is 0 Å². The minimum absolute atomic E-state index is 0.224. The molecular weight excluding hydrogens is 165 g/mol. The van der Waals surface area contributed by atoms with Crippen LogP contribution in [-0.2, 0) is 0 Å². The van der Waals surface area contributed by atoms with Crippen molar-refractivity contribution in [3.63, 3.8) is 0 Å². The maximum atomic E-state index is 12.6. The molecule has 0 atom stereocenters. The predicted molar refractivity (Wildman–Crippen MR) is 48.5 cm³/mol. The molecule has 2 aromatic rings. The van der Waals surface area contributed by atoms with E-state index in [9.17, 15) is 4.39 Å². The number of hydrogen-bond acceptors (Lipinski definition) is 1. The van der Waals surface area contributed by atoms with Crippen LogP contribution in [0, 0.1) is 11.9 Å². The van der Waals surface area contributed by atoms with Crippen LogP contribution in [0.25, 0.3) is 11.1 Å². The van der Waals surface area contributed by atoms with Crippen LogP contribution in [0.2, 0.25) is 0 Å². The summed E-state index contributed by atoms with van der Waals surface area (Å²) in [6.07, 6.45) is 3.29. The van der Waals surface area contributed by atoms with Crippen LogP contribution in [-0.4, -0.2) is 4.98 Å². The zero-order valence-corrected chi connectivity index (χ0v) is 6.87. The molecule has 1 aromatic heterocycles. The van der Waals surface area contributed by atoms with Gasteiger partial charge >= 0.3 is 0 Å². The molecule has 0 fully saturated rings. The molecule has 0 spiro atoms. The number of nitrogens with zero attached hydrogens (tertiary/aromatic N) is 1. The first-order chi connectivity index (χ1) is 6.36. The highest BCUT2D eigenvalue weighted by Gasteiger charge is 1.96. The van der Waals surface area contributed by atoms with E-state index in [1.807, 2.05) is 6.07 Å². The third-order valence-corrected chi connectivity index (χ3v) is 1.78. The Labute approximate surface area is 75.9 Å². The maximum Gasteiger partial charge on any atom is 0.123 e. The van der Waals surface area contributed by atoms with E-state index in [0.29, 0.717) is 0 Å². The van der Waals surface area contributed by atoms with E-state index in [0.717, 1.165) is 11.1 Å². The lowest BCUT2D eigenvalue weighted by molar-refractivity contribution is 0.628. The lowest BCUT2D eigenvalue weighted by atomic mass is 10.1. The van der Waals surface area contributed by atoms with Crippen LogP contribution in [0.4, 0.5) is 4.39 Å². The van der Waals surface area contributed by atoms with Crippen LogP contribution >= 0.6 is 0 Å². The normalized spacial score (nSPS) is 9.92. The van der Waals surface area contributed by atoms with Crippen LogP contribution in [0.5, 0.6) is 0 Å². The fourth-order valence-electron chi connectivity index (χ4n) is 1.12. The fourth-order valence-corrected chi connectivity index (χ4v) is 1.12. The molecule has 0 bridgehead atoms. The van der Waals surface area contributed by atoms with Gasteiger partial charge in [-0.3, -0.25) is 4.98 Å². The van der Waals surface area contributed by atoms with Gasteiger partial charge in [-0.25, -0.2) is 4.39 Å². The average molecular weight is 172 g/mol. The molecule has 0 unspecified atom stereocenters. The molecule has 0 N–H and O–H groups in total. The van der Waals surface area contributed by atoms with Crippen LogP contribution in [0.1, 0.15) is 0 Å². The van der Waals surface area contributed by atoms with Crippen LogP contribution < -0.4 is 0 Å². The van der Waals surface area contributed by atoms with Crippen molar-refractivity contribution < 1.29 is 4.39 Å². The summed E-state index contributed by atoms with van der Waals surface area (Å²) in [6.45, 7) is 0. The molecule has 2 heteroatoms. The largest absolute Gasteiger partial charge is 0.264 e. The standard InChI is InChI=1S/C11H7FN/c12-11-3-1-9(2-4-11)10-5-7-13-8-6-10/h1-5,7-8H. The molecule has 0 saturated carbocycles. The minimum atomic E-state index is -0.224. The summed E-state index contributed by atoms with van der Waals surface area (Å²) in [5.41, 5.74) is 1.87. The van der Waals surface area contributed by atoms with Crippen molar-refractivity contribution in [2.45, 2.75) is 0 Å². The Balaban J connectivity index is 2.42. The smallest absolute Gasteiger partial charge is 0.123 e. The number of hydrogen-bond donors (Lipinski definition) is 0. The summed E-state index contributed by atoms with van der Waals surface area (Å²) in [4.78, 5) is 3.86. The maximum absolute atomic E-state index is 12.6. The van der Waals surface area contributed by atoms with Crippen molar-refractivity contribution in [1.29, 1.82) is 0 Å². The van der Waals surface area contributed by atoms with Crippen LogP contribution in [0.15, 0.2) is 42.7 Å². The summed E-state index contributed by atoms with van der Waals surface area (Å²) in [5.74, 6) is -0.224. The predicted octanol–water partition coefficient (Wildman–Crippen LogP) is 2.69. The van der Waals surface area contributed by atoms with Gasteiger partial charge in [-0.2, -0.15) is 0 Å². The van der Waals surface area contributed by atoms with E-state index < -0.39 is 0 Å². The molecule has 0 saturated heterocycles. The highest BCUT2D eigenvalue weighted by atomic mass is 19.1. The van der Waals surface area contributed by atoms with E-state index in [2.05, 4.69) is 11.1 Å². The lowest BCUT2D eigenvalue weighted by Gasteiger charge is -1.98. The SMILES string of the molecule is Fc1ccc(-c2[c]cncc2)cc1. The molecule has 0 aliphatic rings. The van der Waals surface area contributed by atoms with Gasteiger partial charge in [0.25, 0.3) is 0 Å². The second-order valence-corrected chi connectivity index (χ2v) is 2.66. The summed E-state index contributed by atoms with van der Waals surface area (Å²) in [5, 5.41) is 0. The van der Waals surface area contributed by atoms with E-state index >= 15 is 0 Å². The van der Waals surface area contributed by atoms with E-state index in [4.69, 9.17) is 0 Å². The molecule has 1 radical (unpaired) electrons. The zero-order chi connectivity index (χ0) is 9.10. The Kier molecular flexibility index (Phi) is 2.04. The van der Waals surface area contributed by atoms with Crippen molar-refractivity contribution >= 4 is 0 Å². The highest BCUT2D eigenvalue weighted by Crippen LogP contribution is 2.17. The Morgan fingerprint density at radius 3 is 2.46 bits per heavy atom. The number of halogens is 1. The van der Waals surface area contributed by atoms with Gasteiger partial charge in [-0.1, -0.05) is 12.1 Å². The van der Waals surface area contributed by atoms with Crippen molar-refractivity contribution in [1.82, 2.24) is 4.98 Å². The fraction of sp³-hybridized carbons (Fsp3) is 0. The highest BCUT2D eigenvalue weighted by molar-refractivity contribution is 5.61. The number of pyridine rings is 1. The van der Waals surface area contributed by atoms with Crippen LogP contribution in [0.3, 0.4) is 0 Å². The van der Waals surface area contributed by atoms with Gasteiger partial charge in [0.2, 0.25) is 0 Å². The second-order valence-electron chi connectivity index (χ2n) is 2.66. The summed E-state index contributed by atoms with van der Waals surface area (Å²) in [6, 6.07) is 11.1. The zero-order valence-electron chi connectivity index (χ0n) is 6.87. The first-order valence-electron chi connectivity index (χ1n) is 3.94. The van der Waals surface area contributed by atoms with Crippen molar-refractivity contribution in [3.8, 4) is 11.1 Å². The summed E-state index contributed by atoms with van der Waals surface area (Å²) < 4.78 is 12.6. The van der Waals surface area contributed by atoms with Gasteiger partial charge in [0, 0.05) is 18.5 Å². The Bertz CT molecular complexity index is 381. The molecular formula is C11H7FN. The quantitative estimate of drug-likeness (QED) is 0.644. The van der Waals surface area contributed by atoms with Crippen molar-refractivity contribution in [2.75, 3.05) is 0 Å². The summed E-state index contributed by atoms with van der Waals surface area (Å²) in [7, 11) is 0. The van der Waals surface area contributed by atoms with E-state index in [1.54, 1.807) is 24.5 Å². The Morgan fingerprint density at radius 2 is 1.85 bits per heavy atom. The molecule has 0 aliphatic carbocycles. The van der Waals surface area contributed by atoms with Gasteiger partial charge in [-0.15, -0.1) is 0 Å². The topological polar surface area (TPSA) is 12.9 Å². The lowest BCUT2D eigenvalue weighted by Crippen LogP contribution is -1.79. The molecule has 63 valence electrons. The molecule has 1 aromatic carbocycles. The van der Waals surface area contributed by atoms with Gasteiger partial charge < -0.3 is 0 Å². The van der Waals surface area contributed by atoms with Gasteiger partial charge in [0.05, 0.1) is 0 Å². The third-order valence-electron chi connectivity index (χ3n) is 1.78. The molecule has 13 heavy (non-hydrogen) atoms. The third kappa shape index (κ3) is 1.72. The first-order valence-corrected chi connectivity index (χ1v) is 3.94. The molecule has 0 aliphatic heterocycles. The average Bonchev–Trinajstić information content (AvgIpc) is 2.20. The van der Waals surface area contributed by atoms with Gasteiger partial charge in [0.1, 0.15) is 5.82 Å². The monoisotopic (exact) mass is 172 g/mol. The minimum Gasteiger partial charge on any atom is -0.264 e. The van der Waals surface area contributed by atoms with Gasteiger partial charge in [0.15, 0.2) is 0 Å². The summed E-state index contributed by atoms with van der Waals surface area (Å²) >= 11 is 0. The molecule has 1 heterocycles. The number of aromatic nitrogens is 1. The Hall–Kier alpha value is -1.70. The Morgan fingerprint density at radius 1 is 1.08 bits per heavy atom. The van der Waals surface area contributed by atoms with Crippen molar-refractivity contribution in [3.05, 3.63) is 54.6 Å². The second kappa shape index (κ2) is 3.35. The van der Waals surface area contributed by atoms with E-state index in [-0.39, 0.29) is 5.82 Å². The van der Waals surface area contributed by atoms with Gasteiger partial charge in [-0.05, 0) is 29.3 Å². The van der Waals surface area contributed by atoms with E-state index in [1.165, 1.54) is 12.1 Å².